The van der Waals surface area contributed by atoms with E-state index in [1.165, 1.54) is 6.07 Å². The zero-order chi connectivity index (χ0) is 12.7. The largest absolute Gasteiger partial charge is 1.00 e. The van der Waals surface area contributed by atoms with Crippen molar-refractivity contribution in [3.05, 3.63) is 27.3 Å². The summed E-state index contributed by atoms with van der Waals surface area (Å²) in [5.74, 6) is -0.659. The van der Waals surface area contributed by atoms with Crippen LogP contribution in [0.15, 0.2) is 18.2 Å². The molecular formula is C7H6BBrINaO6. The second-order valence-electron chi connectivity index (χ2n) is 2.33. The van der Waals surface area contributed by atoms with Crippen molar-refractivity contribution in [2.75, 3.05) is 0 Å². The Hall–Kier alpha value is 0.645. The smallest absolute Gasteiger partial charge is 0.832 e. The van der Waals surface area contributed by atoms with Gasteiger partial charge >= 0.3 is 42.8 Å². The standard InChI is InChI=1S/C7H4BrIO3.BH2O3.Na/c8-12-6-4(7(10)11)2-1-3-5(6)9;2-1(3)4;/h1-3H,(H,10,11);2-3H;/q;-1;+1. The van der Waals surface area contributed by atoms with E-state index in [0.29, 0.717) is 5.75 Å². The van der Waals surface area contributed by atoms with Crippen molar-refractivity contribution in [1.82, 2.24) is 0 Å². The number of aromatic carboxylic acids is 1. The fourth-order valence-electron chi connectivity index (χ4n) is 0.756. The molecule has 0 aliphatic rings. The number of carboxylic acids is 1. The van der Waals surface area contributed by atoms with Crippen molar-refractivity contribution in [2.45, 2.75) is 0 Å². The third-order valence-corrected chi connectivity index (χ3v) is 2.45. The number of rotatable bonds is 2. The van der Waals surface area contributed by atoms with Crippen LogP contribution >= 0.6 is 38.8 Å². The van der Waals surface area contributed by atoms with Crippen LogP contribution in [0.25, 0.3) is 0 Å². The Morgan fingerprint density at radius 1 is 1.47 bits per heavy atom. The van der Waals surface area contributed by atoms with Crippen LogP contribution in [0.2, 0.25) is 0 Å². The molecule has 6 nitrogen and oxygen atoms in total. The van der Waals surface area contributed by atoms with Crippen molar-refractivity contribution in [3.63, 3.8) is 0 Å². The van der Waals surface area contributed by atoms with Gasteiger partial charge in [-0.05, 0) is 34.7 Å². The number of benzene rings is 1. The van der Waals surface area contributed by atoms with Crippen molar-refractivity contribution in [1.29, 1.82) is 0 Å². The zero-order valence-corrected chi connectivity index (χ0v) is 14.4. The van der Waals surface area contributed by atoms with E-state index in [-0.39, 0.29) is 35.1 Å². The fourth-order valence-corrected chi connectivity index (χ4v) is 2.02. The maximum atomic E-state index is 10.6. The molecule has 0 fully saturated rings. The molecule has 3 N–H and O–H groups in total. The van der Waals surface area contributed by atoms with Crippen molar-refractivity contribution in [2.24, 2.45) is 0 Å². The summed E-state index contributed by atoms with van der Waals surface area (Å²) >= 11 is 4.76. The SMILES string of the molecule is O=C(O)c1cccc(I)c1OBr.[Na+].[O-]B(O)O. The minimum Gasteiger partial charge on any atom is -0.832 e. The van der Waals surface area contributed by atoms with E-state index in [1.807, 2.05) is 22.6 Å². The summed E-state index contributed by atoms with van der Waals surface area (Å²) in [6.07, 6.45) is 0. The average Bonchev–Trinajstić information content (AvgIpc) is 2.16. The zero-order valence-electron chi connectivity index (χ0n) is 8.63. The second-order valence-corrected chi connectivity index (χ2v) is 3.81. The van der Waals surface area contributed by atoms with Gasteiger partial charge in [-0.15, -0.1) is 0 Å². The second kappa shape index (κ2) is 10.6. The summed E-state index contributed by atoms with van der Waals surface area (Å²) in [7, 11) is -2.42. The van der Waals surface area contributed by atoms with Crippen molar-refractivity contribution in [3.8, 4) is 5.75 Å². The molecule has 1 aromatic carbocycles. The third kappa shape index (κ3) is 8.38. The van der Waals surface area contributed by atoms with E-state index >= 15 is 0 Å². The molecule has 0 amide bonds. The van der Waals surface area contributed by atoms with E-state index in [9.17, 15) is 4.79 Å². The quantitative estimate of drug-likeness (QED) is 0.343. The summed E-state index contributed by atoms with van der Waals surface area (Å²) in [5, 5.41) is 31.5. The number of halogens is 2. The first kappa shape index (κ1) is 20.0. The van der Waals surface area contributed by atoms with Gasteiger partial charge in [0, 0.05) is 0 Å². The van der Waals surface area contributed by atoms with Crippen LogP contribution in [-0.2, 0) is 0 Å². The van der Waals surface area contributed by atoms with Gasteiger partial charge in [0.05, 0.1) is 3.57 Å². The summed E-state index contributed by atoms with van der Waals surface area (Å²) in [6.45, 7) is 0. The Morgan fingerprint density at radius 3 is 2.24 bits per heavy atom. The van der Waals surface area contributed by atoms with Gasteiger partial charge in [-0.25, -0.2) is 4.79 Å². The molecule has 88 valence electrons. The predicted molar refractivity (Wildman–Crippen MR) is 65.9 cm³/mol. The number of hydrogen-bond acceptors (Lipinski definition) is 5. The van der Waals surface area contributed by atoms with Crippen LogP contribution in [0, 0.1) is 3.57 Å². The van der Waals surface area contributed by atoms with Crippen LogP contribution in [0.5, 0.6) is 5.75 Å². The van der Waals surface area contributed by atoms with Gasteiger partial charge in [0.2, 0.25) is 0 Å². The van der Waals surface area contributed by atoms with Crippen LogP contribution in [0.1, 0.15) is 10.4 Å². The Kier molecular flexibility index (Phi) is 12.4. The molecule has 10 heteroatoms. The van der Waals surface area contributed by atoms with Gasteiger partial charge in [0.25, 0.3) is 0 Å². The molecular weight excluding hydrogens is 421 g/mol. The van der Waals surface area contributed by atoms with Crippen molar-refractivity contribution < 1.29 is 58.4 Å². The Bertz CT molecular complexity index is 363. The van der Waals surface area contributed by atoms with E-state index in [2.05, 4.69) is 16.3 Å². The van der Waals surface area contributed by atoms with Crippen LogP contribution in [0.3, 0.4) is 0 Å². The van der Waals surface area contributed by atoms with Gasteiger partial charge in [0.1, 0.15) is 5.56 Å². The van der Waals surface area contributed by atoms with Gasteiger partial charge in [-0.3, -0.25) is 0 Å². The monoisotopic (exact) mass is 426 g/mol. The van der Waals surface area contributed by atoms with E-state index < -0.39 is 13.3 Å². The predicted octanol–water partition coefficient (Wildman–Crippen LogP) is -3.00. The number of carbonyl (C=O) groups is 1. The fraction of sp³-hybridized carbons (Fsp3) is 0. The maximum absolute atomic E-state index is 10.6. The number of para-hydroxylation sites is 1. The minimum atomic E-state index is -2.42. The summed E-state index contributed by atoms with van der Waals surface area (Å²) in [5.41, 5.74) is 0.152. The minimum absolute atomic E-state index is 0. The molecule has 0 saturated carbocycles. The van der Waals surface area contributed by atoms with Gasteiger partial charge < -0.3 is 24.0 Å². The third-order valence-electron chi connectivity index (χ3n) is 1.27. The number of carboxylic acid groups (broad SMARTS) is 1. The Labute approximate surface area is 142 Å². The van der Waals surface area contributed by atoms with E-state index in [1.54, 1.807) is 12.1 Å². The van der Waals surface area contributed by atoms with Crippen molar-refractivity contribution >= 4 is 52.1 Å². The topological polar surface area (TPSA) is 110 Å². The van der Waals surface area contributed by atoms with E-state index in [0.717, 1.165) is 3.57 Å². The molecule has 0 aromatic heterocycles. The normalized spacial score (nSPS) is 8.29. The average molecular weight is 427 g/mol. The van der Waals surface area contributed by atoms with Crippen LogP contribution in [-0.4, -0.2) is 28.4 Å². The molecule has 0 radical (unpaired) electrons. The molecule has 1 aromatic rings. The molecule has 0 atom stereocenters. The van der Waals surface area contributed by atoms with Crippen LogP contribution < -0.4 is 38.4 Å². The molecule has 17 heavy (non-hydrogen) atoms. The van der Waals surface area contributed by atoms with Gasteiger partial charge in [-0.2, -0.15) is 0 Å². The molecule has 0 heterocycles. The summed E-state index contributed by atoms with van der Waals surface area (Å²) in [4.78, 5) is 10.6. The van der Waals surface area contributed by atoms with Gasteiger partial charge in [0.15, 0.2) is 22.0 Å². The molecule has 1 rings (SSSR count). The molecule has 0 spiro atoms. The first-order valence-electron chi connectivity index (χ1n) is 3.72. The molecule has 0 saturated heterocycles. The summed E-state index contributed by atoms with van der Waals surface area (Å²) < 4.78 is 5.52. The Morgan fingerprint density at radius 2 is 1.94 bits per heavy atom. The number of hydrogen-bond donors (Lipinski definition) is 3. The van der Waals surface area contributed by atoms with Crippen LogP contribution in [0.4, 0.5) is 0 Å². The molecule has 0 aliphatic carbocycles. The Balaban J connectivity index is 0. The molecule has 0 bridgehead atoms. The molecule has 0 aliphatic heterocycles. The van der Waals surface area contributed by atoms with E-state index in [4.69, 9.17) is 24.0 Å². The first-order chi connectivity index (χ1) is 7.40. The van der Waals surface area contributed by atoms with Gasteiger partial charge in [-0.1, -0.05) is 6.07 Å². The maximum Gasteiger partial charge on any atom is 1.00 e. The first-order valence-corrected chi connectivity index (χ1v) is 5.45. The summed E-state index contributed by atoms with van der Waals surface area (Å²) in [6, 6.07) is 4.92. The molecule has 0 unspecified atom stereocenters.